The molecule has 0 aliphatic carbocycles. The van der Waals surface area contributed by atoms with E-state index < -0.39 is 17.1 Å². The molecule has 5 nitrogen and oxygen atoms in total. The highest BCUT2D eigenvalue weighted by molar-refractivity contribution is 5.84. The fourth-order valence-corrected chi connectivity index (χ4v) is 3.29. The first-order valence-electron chi connectivity index (χ1n) is 8.45. The van der Waals surface area contributed by atoms with Gasteiger partial charge in [-0.25, -0.2) is 9.18 Å². The first-order valence-corrected chi connectivity index (χ1v) is 8.45. The Labute approximate surface area is 153 Å². The molecule has 0 spiro atoms. The Morgan fingerprint density at radius 3 is 2.30 bits per heavy atom. The summed E-state index contributed by atoms with van der Waals surface area (Å²) in [7, 11) is 0. The molecule has 134 valence electrons. The van der Waals surface area contributed by atoms with Crippen LogP contribution in [0.4, 0.5) is 4.39 Å². The van der Waals surface area contributed by atoms with Gasteiger partial charge < -0.3 is 0 Å². The lowest BCUT2D eigenvalue weighted by Gasteiger charge is -2.13. The molecule has 0 aliphatic rings. The van der Waals surface area contributed by atoms with Gasteiger partial charge in [-0.05, 0) is 37.1 Å². The Hall–Kier alpha value is -3.54. The fraction of sp³-hybridized carbons (Fsp3) is 0.0952. The third-order valence-electron chi connectivity index (χ3n) is 4.62. The van der Waals surface area contributed by atoms with Crippen LogP contribution in [0.5, 0.6) is 0 Å². The van der Waals surface area contributed by atoms with Crippen molar-refractivity contribution in [2.45, 2.75) is 13.8 Å². The minimum atomic E-state index is -0.629. The number of aryl methyl sites for hydroxylation is 2. The summed E-state index contributed by atoms with van der Waals surface area (Å²) >= 11 is 0. The van der Waals surface area contributed by atoms with Crippen LogP contribution in [0.15, 0.2) is 64.2 Å². The van der Waals surface area contributed by atoms with Crippen LogP contribution in [0, 0.1) is 19.7 Å². The molecule has 0 fully saturated rings. The van der Waals surface area contributed by atoms with Crippen molar-refractivity contribution in [3.8, 4) is 22.3 Å². The summed E-state index contributed by atoms with van der Waals surface area (Å²) < 4.78 is 15.5. The van der Waals surface area contributed by atoms with E-state index in [4.69, 9.17) is 0 Å². The van der Waals surface area contributed by atoms with Gasteiger partial charge in [0.1, 0.15) is 5.82 Å². The highest BCUT2D eigenvalue weighted by atomic mass is 19.1. The summed E-state index contributed by atoms with van der Waals surface area (Å²) in [5.41, 5.74) is 2.51. The predicted octanol–water partition coefficient (Wildman–Crippen LogP) is 3.47. The molecule has 0 unspecified atom stereocenters. The summed E-state index contributed by atoms with van der Waals surface area (Å²) in [4.78, 5) is 27.3. The van der Waals surface area contributed by atoms with Gasteiger partial charge in [0.05, 0.1) is 16.8 Å². The molecule has 27 heavy (non-hydrogen) atoms. The highest BCUT2D eigenvalue weighted by Crippen LogP contribution is 2.29. The molecule has 4 aromatic rings. The first-order chi connectivity index (χ1) is 13.0. The lowest BCUT2D eigenvalue weighted by Crippen LogP contribution is -2.29. The van der Waals surface area contributed by atoms with Crippen LogP contribution >= 0.6 is 0 Å². The summed E-state index contributed by atoms with van der Waals surface area (Å²) in [5.74, 6) is -0.392. The van der Waals surface area contributed by atoms with Crippen LogP contribution in [-0.2, 0) is 0 Å². The molecule has 0 saturated carbocycles. The van der Waals surface area contributed by atoms with Crippen molar-refractivity contribution >= 4 is 5.52 Å². The summed E-state index contributed by atoms with van der Waals surface area (Å²) in [6, 6.07) is 15.4. The van der Waals surface area contributed by atoms with E-state index in [0.29, 0.717) is 33.5 Å². The molecular weight excluding hydrogens is 345 g/mol. The number of nitrogens with one attached hydrogen (secondary N) is 1. The molecule has 0 aliphatic heterocycles. The molecular formula is C21H16FN3O2. The van der Waals surface area contributed by atoms with Crippen molar-refractivity contribution in [1.29, 1.82) is 0 Å². The van der Waals surface area contributed by atoms with Gasteiger partial charge in [-0.1, -0.05) is 42.5 Å². The van der Waals surface area contributed by atoms with Crippen LogP contribution in [-0.4, -0.2) is 14.6 Å². The number of hydrogen-bond donors (Lipinski definition) is 1. The van der Waals surface area contributed by atoms with Gasteiger partial charge in [-0.15, -0.1) is 0 Å². The predicted molar refractivity (Wildman–Crippen MR) is 102 cm³/mol. The number of hydrogen-bond acceptors (Lipinski definition) is 3. The molecule has 0 bridgehead atoms. The Bertz CT molecular complexity index is 1310. The van der Waals surface area contributed by atoms with Gasteiger partial charge in [0.15, 0.2) is 0 Å². The highest BCUT2D eigenvalue weighted by Gasteiger charge is 2.17. The number of halogens is 1. The molecule has 2 aromatic heterocycles. The van der Waals surface area contributed by atoms with Gasteiger partial charge >= 0.3 is 5.69 Å². The Morgan fingerprint density at radius 1 is 0.926 bits per heavy atom. The van der Waals surface area contributed by atoms with Crippen molar-refractivity contribution in [3.63, 3.8) is 0 Å². The number of rotatable bonds is 2. The molecule has 1 N–H and O–H groups in total. The third kappa shape index (κ3) is 2.75. The first kappa shape index (κ1) is 16.9. The van der Waals surface area contributed by atoms with Gasteiger partial charge in [0.2, 0.25) is 0 Å². The maximum absolute atomic E-state index is 14.3. The maximum Gasteiger partial charge on any atom is 0.349 e. The average molecular weight is 361 g/mol. The van der Waals surface area contributed by atoms with E-state index in [-0.39, 0.29) is 0 Å². The number of aromatic amines is 1. The van der Waals surface area contributed by atoms with Crippen molar-refractivity contribution in [2.24, 2.45) is 0 Å². The molecule has 0 amide bonds. The van der Waals surface area contributed by atoms with Crippen molar-refractivity contribution in [3.05, 3.63) is 92.5 Å². The number of benzene rings is 2. The Morgan fingerprint density at radius 2 is 1.59 bits per heavy atom. The molecule has 0 atom stereocenters. The van der Waals surface area contributed by atoms with Gasteiger partial charge in [0, 0.05) is 11.1 Å². The van der Waals surface area contributed by atoms with Gasteiger partial charge in [0.25, 0.3) is 5.56 Å². The third-order valence-corrected chi connectivity index (χ3v) is 4.62. The van der Waals surface area contributed by atoms with E-state index in [9.17, 15) is 14.0 Å². The largest absolute Gasteiger partial charge is 0.349 e. The summed E-state index contributed by atoms with van der Waals surface area (Å²) in [5, 5.41) is 4.32. The molecule has 2 aromatic carbocycles. The van der Waals surface area contributed by atoms with E-state index >= 15 is 0 Å². The van der Waals surface area contributed by atoms with Crippen LogP contribution < -0.4 is 11.2 Å². The average Bonchev–Trinajstić information content (AvgIpc) is 2.64. The van der Waals surface area contributed by atoms with Crippen molar-refractivity contribution in [1.82, 2.24) is 14.6 Å². The second-order valence-electron chi connectivity index (χ2n) is 6.37. The number of aromatic nitrogens is 3. The second kappa shape index (κ2) is 6.32. The Balaban J connectivity index is 2.16. The minimum Gasteiger partial charge on any atom is -0.272 e. The number of nitrogens with zero attached hydrogens (tertiary/aromatic N) is 2. The lowest BCUT2D eigenvalue weighted by molar-refractivity contribution is 0.631. The van der Waals surface area contributed by atoms with Crippen molar-refractivity contribution in [2.75, 3.05) is 0 Å². The topological polar surface area (TPSA) is 67.2 Å². The molecule has 2 heterocycles. The Kier molecular flexibility index (Phi) is 3.96. The van der Waals surface area contributed by atoms with E-state index in [2.05, 4.69) is 10.1 Å². The number of H-pyrrole nitrogens is 1. The normalized spacial score (nSPS) is 11.1. The zero-order valence-electron chi connectivity index (χ0n) is 14.8. The van der Waals surface area contributed by atoms with Gasteiger partial charge in [-0.3, -0.25) is 9.78 Å². The lowest BCUT2D eigenvalue weighted by atomic mass is 9.99. The van der Waals surface area contributed by atoms with Gasteiger partial charge in [-0.2, -0.15) is 9.61 Å². The quantitative estimate of drug-likeness (QED) is 0.594. The SMILES string of the molecule is Cc1ccccc1-c1c(=O)[nH]c(=O)n2nc(C)c(-c3ccccc3F)cc12. The smallest absolute Gasteiger partial charge is 0.272 e. The number of fused-ring (bicyclic) bond motifs is 1. The standard InChI is InChI=1S/C21H16FN3O2/c1-12-7-3-4-8-14(12)19-18-11-16(15-9-5-6-10-17(15)22)13(2)24-25(18)21(27)23-20(19)26/h3-11H,1-2H3,(H,23,26,27). The summed E-state index contributed by atoms with van der Waals surface area (Å²) in [6.45, 7) is 3.59. The monoisotopic (exact) mass is 361 g/mol. The molecule has 6 heteroatoms. The zero-order valence-corrected chi connectivity index (χ0v) is 14.8. The molecule has 4 rings (SSSR count). The van der Waals surface area contributed by atoms with E-state index in [1.165, 1.54) is 6.07 Å². The summed E-state index contributed by atoms with van der Waals surface area (Å²) in [6.07, 6.45) is 0. The van der Waals surface area contributed by atoms with Crippen molar-refractivity contribution < 1.29 is 4.39 Å². The zero-order chi connectivity index (χ0) is 19.1. The van der Waals surface area contributed by atoms with E-state index in [1.54, 1.807) is 31.2 Å². The van der Waals surface area contributed by atoms with Crippen LogP contribution in [0.3, 0.4) is 0 Å². The minimum absolute atomic E-state index is 0.331. The maximum atomic E-state index is 14.3. The second-order valence-corrected chi connectivity index (χ2v) is 6.37. The van der Waals surface area contributed by atoms with Crippen LogP contribution in [0.1, 0.15) is 11.3 Å². The fourth-order valence-electron chi connectivity index (χ4n) is 3.29. The van der Waals surface area contributed by atoms with Crippen LogP contribution in [0.25, 0.3) is 27.8 Å². The molecule has 0 radical (unpaired) electrons. The molecule has 0 saturated heterocycles. The van der Waals surface area contributed by atoms with Crippen LogP contribution in [0.2, 0.25) is 0 Å². The van der Waals surface area contributed by atoms with E-state index in [0.717, 1.165) is 10.1 Å². The van der Waals surface area contributed by atoms with E-state index in [1.807, 2.05) is 31.2 Å².